The molecule has 0 aromatic rings. The fourth-order valence-corrected chi connectivity index (χ4v) is 2.22. The smallest absolute Gasteiger partial charge is 0.303 e. The van der Waals surface area contributed by atoms with Gasteiger partial charge in [0.2, 0.25) is 11.8 Å². The maximum atomic E-state index is 11.5. The topological polar surface area (TPSA) is 109 Å². The Kier molecular flexibility index (Phi) is 5.61. The quantitative estimate of drug-likeness (QED) is 0.639. The minimum Gasteiger partial charge on any atom is -0.481 e. The monoisotopic (exact) mass is 256 g/mol. The number of nitrogens with two attached hydrogens (primary N) is 1. The van der Waals surface area contributed by atoms with E-state index in [1.807, 2.05) is 0 Å². The molecule has 0 atom stereocenters. The molecule has 1 aliphatic rings. The van der Waals surface area contributed by atoms with Crippen molar-refractivity contribution in [2.24, 2.45) is 11.7 Å². The molecule has 0 unspecified atom stereocenters. The Labute approximate surface area is 106 Å². The van der Waals surface area contributed by atoms with E-state index in [0.717, 1.165) is 25.7 Å². The van der Waals surface area contributed by atoms with Crippen molar-refractivity contribution in [2.45, 2.75) is 51.0 Å². The average molecular weight is 256 g/mol. The highest BCUT2D eigenvalue weighted by Gasteiger charge is 2.25. The van der Waals surface area contributed by atoms with E-state index in [2.05, 4.69) is 5.32 Å². The largest absolute Gasteiger partial charge is 0.481 e. The van der Waals surface area contributed by atoms with Gasteiger partial charge in [0.1, 0.15) is 0 Å². The molecule has 0 radical (unpaired) electrons. The molecule has 0 spiro atoms. The van der Waals surface area contributed by atoms with Crippen LogP contribution in [0.4, 0.5) is 0 Å². The Balaban J connectivity index is 2.18. The third-order valence-electron chi connectivity index (χ3n) is 3.29. The van der Waals surface area contributed by atoms with Crippen molar-refractivity contribution in [1.29, 1.82) is 0 Å². The van der Waals surface area contributed by atoms with Crippen LogP contribution in [0.15, 0.2) is 0 Å². The average Bonchev–Trinajstić information content (AvgIpc) is 2.29. The number of hydrogen-bond donors (Lipinski definition) is 3. The molecule has 1 fully saturated rings. The second-order valence-electron chi connectivity index (χ2n) is 4.77. The van der Waals surface area contributed by atoms with Crippen LogP contribution in [-0.4, -0.2) is 28.9 Å². The summed E-state index contributed by atoms with van der Waals surface area (Å²) < 4.78 is 0. The summed E-state index contributed by atoms with van der Waals surface area (Å²) in [6.45, 7) is 0. The van der Waals surface area contributed by atoms with Crippen molar-refractivity contribution >= 4 is 17.8 Å². The third kappa shape index (κ3) is 5.16. The van der Waals surface area contributed by atoms with Crippen LogP contribution in [0.3, 0.4) is 0 Å². The van der Waals surface area contributed by atoms with Gasteiger partial charge in [-0.3, -0.25) is 14.4 Å². The van der Waals surface area contributed by atoms with E-state index in [0.29, 0.717) is 6.42 Å². The van der Waals surface area contributed by atoms with Crippen molar-refractivity contribution in [3.8, 4) is 0 Å². The number of carbonyl (C=O) groups is 3. The lowest BCUT2D eigenvalue weighted by Gasteiger charge is -2.27. The van der Waals surface area contributed by atoms with E-state index in [9.17, 15) is 14.4 Å². The molecule has 0 aromatic carbocycles. The lowest BCUT2D eigenvalue weighted by atomic mass is 9.85. The summed E-state index contributed by atoms with van der Waals surface area (Å²) in [6.07, 6.45) is 3.57. The summed E-state index contributed by atoms with van der Waals surface area (Å²) >= 11 is 0. The van der Waals surface area contributed by atoms with E-state index < -0.39 is 5.97 Å². The van der Waals surface area contributed by atoms with Gasteiger partial charge in [-0.1, -0.05) is 0 Å². The molecule has 18 heavy (non-hydrogen) atoms. The normalized spacial score (nSPS) is 23.3. The molecule has 1 rings (SSSR count). The van der Waals surface area contributed by atoms with Crippen LogP contribution in [0.1, 0.15) is 44.9 Å². The lowest BCUT2D eigenvalue weighted by molar-refractivity contribution is -0.137. The second kappa shape index (κ2) is 6.98. The number of carboxylic acids is 1. The van der Waals surface area contributed by atoms with Crippen LogP contribution < -0.4 is 11.1 Å². The molecule has 0 aromatic heterocycles. The Morgan fingerprint density at radius 1 is 1.11 bits per heavy atom. The van der Waals surface area contributed by atoms with Crippen LogP contribution in [0.25, 0.3) is 0 Å². The predicted octanol–water partition coefficient (Wildman–Crippen LogP) is 0.402. The van der Waals surface area contributed by atoms with Crippen molar-refractivity contribution < 1.29 is 19.5 Å². The number of primary amides is 1. The maximum absolute atomic E-state index is 11.5. The van der Waals surface area contributed by atoms with Gasteiger partial charge in [-0.05, 0) is 32.1 Å². The molecule has 2 amide bonds. The van der Waals surface area contributed by atoms with Gasteiger partial charge in [0, 0.05) is 24.8 Å². The van der Waals surface area contributed by atoms with Crippen molar-refractivity contribution in [2.75, 3.05) is 0 Å². The zero-order valence-electron chi connectivity index (χ0n) is 10.4. The summed E-state index contributed by atoms with van der Waals surface area (Å²) in [5.41, 5.74) is 5.23. The van der Waals surface area contributed by atoms with Crippen molar-refractivity contribution in [3.05, 3.63) is 0 Å². The minimum atomic E-state index is -0.884. The molecule has 4 N–H and O–H groups in total. The van der Waals surface area contributed by atoms with Gasteiger partial charge < -0.3 is 16.2 Å². The van der Waals surface area contributed by atoms with Crippen LogP contribution in [-0.2, 0) is 14.4 Å². The molecule has 102 valence electrons. The highest BCUT2D eigenvalue weighted by Crippen LogP contribution is 2.23. The van der Waals surface area contributed by atoms with Gasteiger partial charge in [0.05, 0.1) is 0 Å². The molecule has 0 saturated heterocycles. The summed E-state index contributed by atoms with van der Waals surface area (Å²) in [5, 5.41) is 11.3. The zero-order chi connectivity index (χ0) is 13.5. The molecular formula is C12H20N2O4. The molecule has 0 bridgehead atoms. The lowest BCUT2D eigenvalue weighted by Crippen LogP contribution is -2.39. The van der Waals surface area contributed by atoms with Crippen molar-refractivity contribution in [3.63, 3.8) is 0 Å². The Hall–Kier alpha value is -1.59. The van der Waals surface area contributed by atoms with E-state index in [1.54, 1.807) is 0 Å². The summed E-state index contributed by atoms with van der Waals surface area (Å²) in [6, 6.07) is 0.0953. The van der Waals surface area contributed by atoms with E-state index in [1.165, 1.54) is 0 Å². The van der Waals surface area contributed by atoms with Gasteiger partial charge in [-0.15, -0.1) is 0 Å². The Morgan fingerprint density at radius 3 is 2.22 bits per heavy atom. The predicted molar refractivity (Wildman–Crippen MR) is 64.6 cm³/mol. The van der Waals surface area contributed by atoms with Crippen LogP contribution in [0.2, 0.25) is 0 Å². The summed E-state index contributed by atoms with van der Waals surface area (Å²) in [5.74, 6) is -1.32. The third-order valence-corrected chi connectivity index (χ3v) is 3.29. The molecule has 1 saturated carbocycles. The van der Waals surface area contributed by atoms with Crippen LogP contribution in [0, 0.1) is 5.92 Å². The number of carboxylic acid groups (broad SMARTS) is 1. The standard InChI is InChI=1S/C12H20N2O4/c13-12(18)8-4-6-9(7-5-8)14-10(15)2-1-3-11(16)17/h8-9H,1-7H2,(H2,13,18)(H,14,15)(H,16,17). The van der Waals surface area contributed by atoms with E-state index in [4.69, 9.17) is 10.8 Å². The first-order valence-corrected chi connectivity index (χ1v) is 6.29. The first-order valence-electron chi connectivity index (χ1n) is 6.29. The fraction of sp³-hybridized carbons (Fsp3) is 0.750. The highest BCUT2D eigenvalue weighted by molar-refractivity contribution is 5.78. The van der Waals surface area contributed by atoms with Crippen molar-refractivity contribution in [1.82, 2.24) is 5.32 Å². The number of rotatable bonds is 6. The van der Waals surface area contributed by atoms with Gasteiger partial charge >= 0.3 is 5.97 Å². The van der Waals surface area contributed by atoms with Crippen LogP contribution >= 0.6 is 0 Å². The molecule has 6 nitrogen and oxygen atoms in total. The second-order valence-corrected chi connectivity index (χ2v) is 4.77. The number of carbonyl (C=O) groups excluding carboxylic acids is 2. The van der Waals surface area contributed by atoms with Crippen LogP contribution in [0.5, 0.6) is 0 Å². The molecule has 6 heteroatoms. The summed E-state index contributed by atoms with van der Waals surface area (Å²) in [4.78, 5) is 32.8. The number of aliphatic carboxylic acids is 1. The highest BCUT2D eigenvalue weighted by atomic mass is 16.4. The van der Waals surface area contributed by atoms with Gasteiger partial charge in [-0.25, -0.2) is 0 Å². The maximum Gasteiger partial charge on any atom is 0.303 e. The molecule has 0 heterocycles. The Morgan fingerprint density at radius 2 is 1.72 bits per heavy atom. The SMILES string of the molecule is NC(=O)C1CCC(NC(=O)CCCC(=O)O)CC1. The van der Waals surface area contributed by atoms with Gasteiger partial charge in [-0.2, -0.15) is 0 Å². The van der Waals surface area contributed by atoms with Gasteiger partial charge in [0.15, 0.2) is 0 Å². The summed E-state index contributed by atoms with van der Waals surface area (Å²) in [7, 11) is 0. The minimum absolute atomic E-state index is 0.0157. The molecule has 1 aliphatic carbocycles. The fourth-order valence-electron chi connectivity index (χ4n) is 2.22. The zero-order valence-corrected chi connectivity index (χ0v) is 10.4. The number of nitrogens with one attached hydrogen (secondary N) is 1. The van der Waals surface area contributed by atoms with E-state index in [-0.39, 0.29) is 36.6 Å². The molecule has 0 aliphatic heterocycles. The molecular weight excluding hydrogens is 236 g/mol. The Bertz CT molecular complexity index is 322. The number of amides is 2. The number of hydrogen-bond acceptors (Lipinski definition) is 3. The first kappa shape index (κ1) is 14.5. The van der Waals surface area contributed by atoms with E-state index >= 15 is 0 Å². The first-order chi connectivity index (χ1) is 8.49. The van der Waals surface area contributed by atoms with Gasteiger partial charge in [0.25, 0.3) is 0 Å².